The van der Waals surface area contributed by atoms with Crippen molar-refractivity contribution in [3.05, 3.63) is 63.1 Å². The van der Waals surface area contributed by atoms with Crippen molar-refractivity contribution in [3.63, 3.8) is 0 Å². The van der Waals surface area contributed by atoms with Crippen LogP contribution in [0.3, 0.4) is 0 Å². The molecule has 21 heavy (non-hydrogen) atoms. The molecule has 2 N–H and O–H groups in total. The van der Waals surface area contributed by atoms with Crippen molar-refractivity contribution in [2.45, 2.75) is 19.4 Å². The van der Waals surface area contributed by atoms with Crippen LogP contribution in [0.4, 0.5) is 5.69 Å². The Morgan fingerprint density at radius 3 is 2.52 bits per heavy atom. The molecule has 0 unspecified atom stereocenters. The van der Waals surface area contributed by atoms with Crippen LogP contribution in [0.15, 0.2) is 36.4 Å². The summed E-state index contributed by atoms with van der Waals surface area (Å²) in [6, 6.07) is 12.0. The second-order valence-electron chi connectivity index (χ2n) is 5.29. The summed E-state index contributed by atoms with van der Waals surface area (Å²) in [6.07, 6.45) is 2.07. The highest BCUT2D eigenvalue weighted by Crippen LogP contribution is 2.31. The van der Waals surface area contributed by atoms with Crippen molar-refractivity contribution < 1.29 is 0 Å². The maximum absolute atomic E-state index is 6.40. The van der Waals surface area contributed by atoms with Gasteiger partial charge in [0.1, 0.15) is 0 Å². The van der Waals surface area contributed by atoms with Crippen LogP contribution in [-0.2, 0) is 19.4 Å². The molecule has 0 spiro atoms. The Morgan fingerprint density at radius 1 is 0.952 bits per heavy atom. The number of hydrogen-bond acceptors (Lipinski definition) is 2. The third kappa shape index (κ3) is 3.52. The molecule has 2 nitrogen and oxygen atoms in total. The summed E-state index contributed by atoms with van der Waals surface area (Å²) in [5.41, 5.74) is 5.01. The second kappa shape index (κ2) is 6.69. The number of fused-ring (bicyclic) bond motifs is 1. The molecule has 1 aliphatic rings. The Labute approximate surface area is 135 Å². The van der Waals surface area contributed by atoms with Gasteiger partial charge < -0.3 is 10.6 Å². The number of rotatable bonds is 3. The first kappa shape index (κ1) is 14.7. The monoisotopic (exact) mass is 320 g/mol. The summed E-state index contributed by atoms with van der Waals surface area (Å²) in [6.45, 7) is 2.79. The predicted molar refractivity (Wildman–Crippen MR) is 90.5 cm³/mol. The van der Waals surface area contributed by atoms with E-state index in [-0.39, 0.29) is 0 Å². The maximum Gasteiger partial charge on any atom is 0.0640 e. The number of hydrogen-bond donors (Lipinski definition) is 2. The van der Waals surface area contributed by atoms with Gasteiger partial charge in [0.15, 0.2) is 0 Å². The van der Waals surface area contributed by atoms with Gasteiger partial charge in [-0.3, -0.25) is 0 Å². The quantitative estimate of drug-likeness (QED) is 0.881. The van der Waals surface area contributed by atoms with Crippen LogP contribution in [0, 0.1) is 0 Å². The fourth-order valence-corrected chi connectivity index (χ4v) is 3.10. The average Bonchev–Trinajstić information content (AvgIpc) is 2.73. The van der Waals surface area contributed by atoms with Gasteiger partial charge in [-0.05, 0) is 60.8 Å². The van der Waals surface area contributed by atoms with Crippen LogP contribution in [0.2, 0.25) is 10.0 Å². The molecule has 0 bridgehead atoms. The van der Waals surface area contributed by atoms with Crippen molar-refractivity contribution in [3.8, 4) is 0 Å². The minimum atomic E-state index is 0.751. The fraction of sp³-hybridized carbons (Fsp3) is 0.294. The van der Waals surface area contributed by atoms with Crippen molar-refractivity contribution in [1.82, 2.24) is 5.32 Å². The Hall–Kier alpha value is -1.22. The standard InChI is InChI=1S/C17H18Cl2N2/c18-14-4-1-12(2-5-14)11-21-17-15-8-10-20-9-7-13(15)3-6-16(17)19/h1-6,20-21H,7-11H2. The van der Waals surface area contributed by atoms with E-state index in [1.54, 1.807) is 0 Å². The highest BCUT2D eigenvalue weighted by atomic mass is 35.5. The maximum atomic E-state index is 6.40. The lowest BCUT2D eigenvalue weighted by molar-refractivity contribution is 0.711. The van der Waals surface area contributed by atoms with E-state index in [9.17, 15) is 0 Å². The molecule has 0 fully saturated rings. The van der Waals surface area contributed by atoms with Gasteiger partial charge in [-0.2, -0.15) is 0 Å². The summed E-state index contributed by atoms with van der Waals surface area (Å²) in [7, 11) is 0. The van der Waals surface area contributed by atoms with E-state index < -0.39 is 0 Å². The highest BCUT2D eigenvalue weighted by Gasteiger charge is 2.14. The zero-order valence-corrected chi connectivity index (χ0v) is 13.3. The van der Waals surface area contributed by atoms with Gasteiger partial charge in [-0.1, -0.05) is 41.4 Å². The van der Waals surface area contributed by atoms with Crippen LogP contribution in [0.5, 0.6) is 0 Å². The molecule has 0 saturated carbocycles. The van der Waals surface area contributed by atoms with Crippen molar-refractivity contribution in [1.29, 1.82) is 0 Å². The molecule has 110 valence electrons. The summed E-state index contributed by atoms with van der Waals surface area (Å²) >= 11 is 12.3. The van der Waals surface area contributed by atoms with Crippen LogP contribution >= 0.6 is 23.2 Å². The number of anilines is 1. The molecule has 4 heteroatoms. The molecule has 2 aromatic rings. The van der Waals surface area contributed by atoms with Gasteiger partial charge in [0, 0.05) is 11.6 Å². The summed E-state index contributed by atoms with van der Waals surface area (Å²) in [5.74, 6) is 0. The van der Waals surface area contributed by atoms with Gasteiger partial charge in [-0.15, -0.1) is 0 Å². The lowest BCUT2D eigenvalue weighted by atomic mass is 10.0. The largest absolute Gasteiger partial charge is 0.380 e. The lowest BCUT2D eigenvalue weighted by Gasteiger charge is -2.16. The highest BCUT2D eigenvalue weighted by molar-refractivity contribution is 6.33. The lowest BCUT2D eigenvalue weighted by Crippen LogP contribution is -2.16. The zero-order chi connectivity index (χ0) is 14.7. The van der Waals surface area contributed by atoms with E-state index in [0.29, 0.717) is 0 Å². The zero-order valence-electron chi connectivity index (χ0n) is 11.8. The Bertz CT molecular complexity index is 623. The molecule has 3 rings (SSSR count). The van der Waals surface area contributed by atoms with Gasteiger partial charge in [0.05, 0.1) is 10.7 Å². The molecule has 0 saturated heterocycles. The summed E-state index contributed by atoms with van der Waals surface area (Å²) < 4.78 is 0. The van der Waals surface area contributed by atoms with Crippen LogP contribution in [0.1, 0.15) is 16.7 Å². The van der Waals surface area contributed by atoms with E-state index >= 15 is 0 Å². The van der Waals surface area contributed by atoms with Crippen LogP contribution in [-0.4, -0.2) is 13.1 Å². The van der Waals surface area contributed by atoms with E-state index in [1.807, 2.05) is 30.3 Å². The Kier molecular flexibility index (Phi) is 4.69. The number of halogens is 2. The molecular formula is C17H18Cl2N2. The van der Waals surface area contributed by atoms with Gasteiger partial charge in [0.2, 0.25) is 0 Å². The van der Waals surface area contributed by atoms with Crippen molar-refractivity contribution in [2.24, 2.45) is 0 Å². The van der Waals surface area contributed by atoms with Gasteiger partial charge >= 0.3 is 0 Å². The molecule has 0 radical (unpaired) electrons. The minimum Gasteiger partial charge on any atom is -0.380 e. The van der Waals surface area contributed by atoms with E-state index in [2.05, 4.69) is 16.7 Å². The smallest absolute Gasteiger partial charge is 0.0640 e. The van der Waals surface area contributed by atoms with E-state index in [1.165, 1.54) is 16.7 Å². The topological polar surface area (TPSA) is 24.1 Å². The summed E-state index contributed by atoms with van der Waals surface area (Å²) in [5, 5.41) is 8.49. The van der Waals surface area contributed by atoms with Gasteiger partial charge in [0.25, 0.3) is 0 Å². The van der Waals surface area contributed by atoms with Crippen molar-refractivity contribution >= 4 is 28.9 Å². The normalized spacial score (nSPS) is 14.4. The van der Waals surface area contributed by atoms with E-state index in [0.717, 1.165) is 48.2 Å². The molecule has 2 aromatic carbocycles. The Balaban J connectivity index is 1.82. The molecule has 1 aliphatic heterocycles. The van der Waals surface area contributed by atoms with E-state index in [4.69, 9.17) is 23.2 Å². The third-order valence-electron chi connectivity index (χ3n) is 3.86. The molecular weight excluding hydrogens is 303 g/mol. The fourth-order valence-electron chi connectivity index (χ4n) is 2.73. The first-order chi connectivity index (χ1) is 10.2. The summed E-state index contributed by atoms with van der Waals surface area (Å²) in [4.78, 5) is 0. The molecule has 1 heterocycles. The molecule has 0 atom stereocenters. The third-order valence-corrected chi connectivity index (χ3v) is 4.43. The molecule has 0 aromatic heterocycles. The second-order valence-corrected chi connectivity index (χ2v) is 6.13. The Morgan fingerprint density at radius 2 is 1.71 bits per heavy atom. The SMILES string of the molecule is Clc1ccc(CNc2c(Cl)ccc3c2CCNCC3)cc1. The first-order valence-electron chi connectivity index (χ1n) is 7.23. The minimum absolute atomic E-state index is 0.751. The first-order valence-corrected chi connectivity index (χ1v) is 7.99. The van der Waals surface area contributed by atoms with Gasteiger partial charge in [-0.25, -0.2) is 0 Å². The number of nitrogens with one attached hydrogen (secondary N) is 2. The average molecular weight is 321 g/mol. The predicted octanol–water partition coefficient (Wildman–Crippen LogP) is 4.29. The van der Waals surface area contributed by atoms with Crippen molar-refractivity contribution in [2.75, 3.05) is 18.4 Å². The molecule has 0 aliphatic carbocycles. The molecule has 0 amide bonds. The van der Waals surface area contributed by atoms with Crippen LogP contribution < -0.4 is 10.6 Å². The van der Waals surface area contributed by atoms with Crippen LogP contribution in [0.25, 0.3) is 0 Å². The number of benzene rings is 2.